The fraction of sp³-hybridized carbons (Fsp3) is 0.190. The number of benzene rings is 1. The first-order chi connectivity index (χ1) is 14.2. The summed E-state index contributed by atoms with van der Waals surface area (Å²) >= 11 is 0. The Morgan fingerprint density at radius 3 is 2.59 bits per heavy atom. The lowest BCUT2D eigenvalue weighted by Crippen LogP contribution is -2.26. The van der Waals surface area contributed by atoms with Crippen LogP contribution >= 0.6 is 0 Å². The second-order valence-corrected chi connectivity index (χ2v) is 6.36. The lowest BCUT2D eigenvalue weighted by atomic mass is 10.2. The van der Waals surface area contributed by atoms with E-state index in [2.05, 4.69) is 15.1 Å². The highest BCUT2D eigenvalue weighted by atomic mass is 19.1. The van der Waals surface area contributed by atoms with E-state index in [-0.39, 0.29) is 12.4 Å². The van der Waals surface area contributed by atoms with Crippen LogP contribution in [0.25, 0.3) is 0 Å². The van der Waals surface area contributed by atoms with Gasteiger partial charge < -0.3 is 14.4 Å². The van der Waals surface area contributed by atoms with Gasteiger partial charge in [0.2, 0.25) is 5.88 Å². The van der Waals surface area contributed by atoms with Crippen LogP contribution in [0, 0.1) is 5.82 Å². The van der Waals surface area contributed by atoms with E-state index in [0.717, 1.165) is 5.69 Å². The molecule has 3 aromatic rings. The van der Waals surface area contributed by atoms with Crippen molar-refractivity contribution in [1.82, 2.24) is 14.8 Å². The molecule has 148 valence electrons. The predicted molar refractivity (Wildman–Crippen MR) is 107 cm³/mol. The van der Waals surface area contributed by atoms with Crippen LogP contribution in [0.3, 0.4) is 0 Å². The van der Waals surface area contributed by atoms with Gasteiger partial charge >= 0.3 is 0 Å². The number of methoxy groups -OCH3 is 2. The molecule has 8 heteroatoms. The molecule has 0 aliphatic carbocycles. The van der Waals surface area contributed by atoms with Gasteiger partial charge in [-0.3, -0.25) is 9.98 Å². The Bertz CT molecular complexity index is 1050. The molecule has 0 fully saturated rings. The third-order valence-corrected chi connectivity index (χ3v) is 4.58. The number of rotatable bonds is 6. The highest BCUT2D eigenvalue weighted by Crippen LogP contribution is 2.32. The molecule has 0 saturated carbocycles. The minimum atomic E-state index is -0.424. The van der Waals surface area contributed by atoms with Crippen molar-refractivity contribution in [3.05, 3.63) is 83.9 Å². The number of allylic oxidation sites excluding steroid dienone is 1. The van der Waals surface area contributed by atoms with E-state index >= 15 is 0 Å². The molecular weight excluding hydrogens is 373 g/mol. The van der Waals surface area contributed by atoms with E-state index < -0.39 is 6.17 Å². The minimum absolute atomic E-state index is 0.251. The number of hydrogen-bond donors (Lipinski definition) is 0. The van der Waals surface area contributed by atoms with E-state index in [0.29, 0.717) is 22.9 Å². The fourth-order valence-corrected chi connectivity index (χ4v) is 3.12. The number of hydrogen-bond acceptors (Lipinski definition) is 6. The molecule has 0 amide bonds. The van der Waals surface area contributed by atoms with E-state index in [9.17, 15) is 4.39 Å². The van der Waals surface area contributed by atoms with Crippen molar-refractivity contribution in [2.24, 2.45) is 4.99 Å². The molecule has 1 atom stereocenters. The zero-order valence-corrected chi connectivity index (χ0v) is 16.1. The average molecular weight is 393 g/mol. The Kier molecular flexibility index (Phi) is 5.24. The first-order valence-corrected chi connectivity index (χ1v) is 9.02. The van der Waals surface area contributed by atoms with Gasteiger partial charge in [0.25, 0.3) is 0 Å². The summed E-state index contributed by atoms with van der Waals surface area (Å²) in [5, 5.41) is 4.65. The van der Waals surface area contributed by atoms with E-state index in [1.54, 1.807) is 55.7 Å². The van der Waals surface area contributed by atoms with Crippen molar-refractivity contribution in [3.63, 3.8) is 0 Å². The minimum Gasteiger partial charge on any atom is -0.494 e. The number of anilines is 1. The molecule has 1 aliphatic rings. The SMILES string of the molecule is COC1=CN(c2ccncc2)C(c2cc(OC)n(Cc3ccccc3F)n2)N=C1. The third-order valence-electron chi connectivity index (χ3n) is 4.58. The molecule has 2 aromatic heterocycles. The second-order valence-electron chi connectivity index (χ2n) is 6.36. The highest BCUT2D eigenvalue weighted by molar-refractivity contribution is 5.79. The van der Waals surface area contributed by atoms with Crippen LogP contribution in [-0.4, -0.2) is 35.2 Å². The summed E-state index contributed by atoms with van der Waals surface area (Å²) in [4.78, 5) is 10.6. The van der Waals surface area contributed by atoms with Crippen molar-refractivity contribution in [1.29, 1.82) is 0 Å². The molecule has 7 nitrogen and oxygen atoms in total. The zero-order chi connectivity index (χ0) is 20.2. The summed E-state index contributed by atoms with van der Waals surface area (Å²) in [6, 6.07) is 12.2. The summed E-state index contributed by atoms with van der Waals surface area (Å²) in [7, 11) is 3.15. The summed E-state index contributed by atoms with van der Waals surface area (Å²) < 4.78 is 26.5. The van der Waals surface area contributed by atoms with Gasteiger partial charge in [-0.25, -0.2) is 9.07 Å². The topological polar surface area (TPSA) is 64.8 Å². The van der Waals surface area contributed by atoms with Crippen LogP contribution in [0.5, 0.6) is 5.88 Å². The summed E-state index contributed by atoms with van der Waals surface area (Å²) in [6.45, 7) is 0.251. The lowest BCUT2D eigenvalue weighted by Gasteiger charge is -2.29. The monoisotopic (exact) mass is 393 g/mol. The van der Waals surface area contributed by atoms with Crippen molar-refractivity contribution in [2.45, 2.75) is 12.7 Å². The maximum atomic E-state index is 14.1. The quantitative estimate of drug-likeness (QED) is 0.641. The van der Waals surface area contributed by atoms with E-state index in [1.807, 2.05) is 29.3 Å². The van der Waals surface area contributed by atoms with Gasteiger partial charge in [0.1, 0.15) is 11.5 Å². The number of pyridine rings is 1. The van der Waals surface area contributed by atoms with Crippen molar-refractivity contribution in [3.8, 4) is 5.88 Å². The Hall–Kier alpha value is -3.68. The van der Waals surface area contributed by atoms with Crippen LogP contribution < -0.4 is 9.64 Å². The molecule has 0 saturated heterocycles. The van der Waals surface area contributed by atoms with Crippen LogP contribution in [0.1, 0.15) is 17.4 Å². The molecule has 1 unspecified atom stereocenters. The van der Waals surface area contributed by atoms with Gasteiger partial charge in [-0.05, 0) is 18.2 Å². The Morgan fingerprint density at radius 2 is 1.86 bits per heavy atom. The smallest absolute Gasteiger partial charge is 0.212 e. The number of halogens is 1. The maximum absolute atomic E-state index is 14.1. The Balaban J connectivity index is 1.70. The molecule has 29 heavy (non-hydrogen) atoms. The summed E-state index contributed by atoms with van der Waals surface area (Å²) in [6.07, 6.45) is 6.51. The van der Waals surface area contributed by atoms with Crippen molar-refractivity contribution < 1.29 is 13.9 Å². The molecule has 3 heterocycles. The molecule has 1 aliphatic heterocycles. The fourth-order valence-electron chi connectivity index (χ4n) is 3.12. The highest BCUT2D eigenvalue weighted by Gasteiger charge is 2.26. The molecular formula is C21H20FN5O2. The van der Waals surface area contributed by atoms with Crippen LogP contribution in [0.15, 0.2) is 71.8 Å². The molecule has 4 rings (SSSR count). The number of aliphatic imine (C=N–C) groups is 1. The number of ether oxygens (including phenoxy) is 2. The third kappa shape index (κ3) is 3.82. The first kappa shape index (κ1) is 18.7. The van der Waals surface area contributed by atoms with Gasteiger partial charge in [-0.2, -0.15) is 5.10 Å². The second kappa shape index (κ2) is 8.14. The standard InChI is InChI=1S/C21H20FN5O2/c1-28-17-12-24-21(26(14-17)16-7-9-23-10-8-16)19-11-20(29-2)27(25-19)13-15-5-3-4-6-18(15)22/h3-12,14,21H,13H2,1-2H3. The van der Waals surface area contributed by atoms with Crippen molar-refractivity contribution >= 4 is 11.9 Å². The molecule has 0 bridgehead atoms. The largest absolute Gasteiger partial charge is 0.494 e. The predicted octanol–water partition coefficient (Wildman–Crippen LogP) is 3.55. The Morgan fingerprint density at radius 1 is 1.07 bits per heavy atom. The molecule has 0 N–H and O–H groups in total. The normalized spacial score (nSPS) is 15.9. The Labute approximate surface area is 167 Å². The number of aromatic nitrogens is 3. The summed E-state index contributed by atoms with van der Waals surface area (Å²) in [5.74, 6) is 0.860. The maximum Gasteiger partial charge on any atom is 0.212 e. The van der Waals surface area contributed by atoms with Crippen LogP contribution in [0.2, 0.25) is 0 Å². The molecule has 0 spiro atoms. The van der Waals surface area contributed by atoms with Gasteiger partial charge in [-0.15, -0.1) is 0 Å². The molecule has 1 aromatic carbocycles. The van der Waals surface area contributed by atoms with Crippen LogP contribution in [0.4, 0.5) is 10.1 Å². The van der Waals surface area contributed by atoms with Gasteiger partial charge in [0.15, 0.2) is 11.9 Å². The zero-order valence-electron chi connectivity index (χ0n) is 16.1. The van der Waals surface area contributed by atoms with Gasteiger partial charge in [-0.1, -0.05) is 18.2 Å². The number of nitrogens with zero attached hydrogens (tertiary/aromatic N) is 5. The van der Waals surface area contributed by atoms with Gasteiger partial charge in [0, 0.05) is 29.7 Å². The molecule has 0 radical (unpaired) electrons. The van der Waals surface area contributed by atoms with Gasteiger partial charge in [0.05, 0.1) is 33.2 Å². The lowest BCUT2D eigenvalue weighted by molar-refractivity contribution is 0.312. The summed E-state index contributed by atoms with van der Waals surface area (Å²) in [5.41, 5.74) is 2.08. The first-order valence-electron chi connectivity index (χ1n) is 9.02. The van der Waals surface area contributed by atoms with Crippen molar-refractivity contribution in [2.75, 3.05) is 19.1 Å². The average Bonchev–Trinajstić information content (AvgIpc) is 3.18. The van der Waals surface area contributed by atoms with E-state index in [1.165, 1.54) is 6.07 Å². The van der Waals surface area contributed by atoms with E-state index in [4.69, 9.17) is 9.47 Å². The van der Waals surface area contributed by atoms with Crippen LogP contribution in [-0.2, 0) is 11.3 Å².